The maximum atomic E-state index is 13.1. The molecule has 4 rings (SSSR count). The second kappa shape index (κ2) is 8.39. The van der Waals surface area contributed by atoms with Gasteiger partial charge in [-0.3, -0.25) is 4.90 Å². The van der Waals surface area contributed by atoms with E-state index in [-0.39, 0.29) is 6.10 Å². The van der Waals surface area contributed by atoms with E-state index in [2.05, 4.69) is 10.2 Å². The molecule has 3 heterocycles. The number of hydrogen-bond acceptors (Lipinski definition) is 6. The van der Waals surface area contributed by atoms with Crippen LogP contribution in [0.3, 0.4) is 0 Å². The highest BCUT2D eigenvalue weighted by Crippen LogP contribution is 2.32. The molecule has 1 N–H and O–H groups in total. The Labute approximate surface area is 166 Å². The zero-order valence-corrected chi connectivity index (χ0v) is 17.1. The number of ether oxygens (including phenoxy) is 3. The van der Waals surface area contributed by atoms with Crippen LogP contribution in [-0.2, 0) is 14.3 Å². The van der Waals surface area contributed by atoms with Gasteiger partial charge in [0.05, 0.1) is 7.11 Å². The Balaban J connectivity index is 1.79. The Morgan fingerprint density at radius 3 is 2.43 bits per heavy atom. The van der Waals surface area contributed by atoms with Crippen LogP contribution in [0.2, 0.25) is 0 Å². The Hall–Kier alpha value is -2.28. The van der Waals surface area contributed by atoms with Gasteiger partial charge in [-0.2, -0.15) is 0 Å². The molecule has 2 bridgehead atoms. The molecule has 0 aromatic heterocycles. The number of nitrogens with zero attached hydrogens (tertiary/aromatic N) is 1. The third kappa shape index (κ3) is 4.95. The highest BCUT2D eigenvalue weighted by molar-refractivity contribution is 5.83. The maximum absolute atomic E-state index is 13.1. The highest BCUT2D eigenvalue weighted by Gasteiger charge is 2.39. The number of hydrogen-bond donors (Lipinski definition) is 1. The smallest absolute Gasteiger partial charge is 0.408 e. The van der Waals surface area contributed by atoms with Crippen molar-refractivity contribution in [1.29, 1.82) is 0 Å². The van der Waals surface area contributed by atoms with Crippen molar-refractivity contribution in [2.75, 3.05) is 26.7 Å². The van der Waals surface area contributed by atoms with E-state index in [4.69, 9.17) is 14.2 Å². The summed E-state index contributed by atoms with van der Waals surface area (Å²) in [6.07, 6.45) is 1.26. The van der Waals surface area contributed by atoms with E-state index in [0.717, 1.165) is 32.5 Å². The van der Waals surface area contributed by atoms with Gasteiger partial charge in [0.2, 0.25) is 0 Å². The Morgan fingerprint density at radius 2 is 1.86 bits per heavy atom. The minimum absolute atomic E-state index is 0.146. The fraction of sp³-hybridized carbons (Fsp3) is 0.619. The standard InChI is InChI=1S/C21H30N2O5/c1-21(2,3)28-20(25)22-18(15-7-5-6-8-16(15)26-4)19(24)27-17-13-23-11-9-14(17)10-12-23/h5-8,14,17-18H,9-13H2,1-4H3,(H,22,25). The lowest BCUT2D eigenvalue weighted by Crippen LogP contribution is -2.52. The summed E-state index contributed by atoms with van der Waals surface area (Å²) in [7, 11) is 1.53. The van der Waals surface area contributed by atoms with Gasteiger partial charge in [-0.15, -0.1) is 0 Å². The second-order valence-electron chi connectivity index (χ2n) is 8.43. The molecule has 2 unspecified atom stereocenters. The quantitative estimate of drug-likeness (QED) is 0.779. The van der Waals surface area contributed by atoms with Crippen LogP contribution in [0.4, 0.5) is 4.79 Å². The molecular weight excluding hydrogens is 360 g/mol. The molecule has 154 valence electrons. The van der Waals surface area contributed by atoms with Crippen molar-refractivity contribution in [3.8, 4) is 5.75 Å². The topological polar surface area (TPSA) is 77.1 Å². The fourth-order valence-electron chi connectivity index (χ4n) is 3.86. The number of piperidine rings is 3. The van der Waals surface area contributed by atoms with Crippen LogP contribution >= 0.6 is 0 Å². The third-order valence-corrected chi connectivity index (χ3v) is 5.21. The summed E-state index contributed by atoms with van der Waals surface area (Å²) >= 11 is 0. The molecule has 0 spiro atoms. The molecule has 0 aliphatic carbocycles. The molecule has 28 heavy (non-hydrogen) atoms. The molecule has 2 atom stereocenters. The van der Waals surface area contributed by atoms with Gasteiger partial charge >= 0.3 is 12.1 Å². The highest BCUT2D eigenvalue weighted by atomic mass is 16.6. The summed E-state index contributed by atoms with van der Waals surface area (Å²) in [6.45, 7) is 8.19. The van der Waals surface area contributed by atoms with Crippen LogP contribution in [-0.4, -0.2) is 55.4 Å². The summed E-state index contributed by atoms with van der Waals surface area (Å²) in [5.41, 5.74) is -0.128. The largest absolute Gasteiger partial charge is 0.496 e. The van der Waals surface area contributed by atoms with E-state index in [9.17, 15) is 9.59 Å². The molecule has 3 saturated heterocycles. The van der Waals surface area contributed by atoms with E-state index in [1.807, 2.05) is 6.07 Å². The number of rotatable bonds is 5. The van der Waals surface area contributed by atoms with Crippen molar-refractivity contribution in [2.45, 2.75) is 51.4 Å². The second-order valence-corrected chi connectivity index (χ2v) is 8.43. The van der Waals surface area contributed by atoms with Crippen LogP contribution < -0.4 is 10.1 Å². The fourth-order valence-corrected chi connectivity index (χ4v) is 3.86. The summed E-state index contributed by atoms with van der Waals surface area (Å²) in [6, 6.07) is 6.11. The first-order chi connectivity index (χ1) is 13.3. The number of carbonyl (C=O) groups is 2. The zero-order chi connectivity index (χ0) is 20.3. The molecule has 3 aliphatic rings. The normalized spacial score (nSPS) is 24.9. The van der Waals surface area contributed by atoms with Crippen molar-refractivity contribution in [1.82, 2.24) is 10.2 Å². The van der Waals surface area contributed by atoms with Gasteiger partial charge in [-0.05, 0) is 58.7 Å². The number of amides is 1. The molecule has 7 heteroatoms. The predicted molar refractivity (Wildman–Crippen MR) is 104 cm³/mol. The van der Waals surface area contributed by atoms with Gasteiger partial charge < -0.3 is 19.5 Å². The first kappa shape index (κ1) is 20.5. The maximum Gasteiger partial charge on any atom is 0.408 e. The number of alkyl carbamates (subject to hydrolysis) is 1. The molecule has 0 radical (unpaired) electrons. The van der Waals surface area contributed by atoms with E-state index in [1.165, 1.54) is 7.11 Å². The van der Waals surface area contributed by atoms with E-state index in [0.29, 0.717) is 17.2 Å². The first-order valence-corrected chi connectivity index (χ1v) is 9.82. The van der Waals surface area contributed by atoms with Crippen LogP contribution in [0.5, 0.6) is 5.75 Å². The molecule has 3 fully saturated rings. The van der Waals surface area contributed by atoms with E-state index < -0.39 is 23.7 Å². The van der Waals surface area contributed by atoms with Gasteiger partial charge in [0, 0.05) is 12.1 Å². The van der Waals surface area contributed by atoms with Crippen molar-refractivity contribution >= 4 is 12.1 Å². The van der Waals surface area contributed by atoms with Crippen LogP contribution in [0.1, 0.15) is 45.2 Å². The average molecular weight is 390 g/mol. The SMILES string of the molecule is COc1ccccc1C(NC(=O)OC(C)(C)C)C(=O)OC1CN2CCC1CC2. The number of esters is 1. The lowest BCUT2D eigenvalue weighted by Gasteiger charge is -2.44. The molecule has 1 aromatic carbocycles. The van der Waals surface area contributed by atoms with Gasteiger partial charge in [0.1, 0.15) is 17.5 Å². The number of nitrogens with one attached hydrogen (secondary N) is 1. The van der Waals surface area contributed by atoms with Gasteiger partial charge in [0.15, 0.2) is 6.04 Å². The Morgan fingerprint density at radius 1 is 1.18 bits per heavy atom. The summed E-state index contributed by atoms with van der Waals surface area (Å²) in [5.74, 6) is 0.400. The van der Waals surface area contributed by atoms with Crippen LogP contribution in [0.15, 0.2) is 24.3 Å². The zero-order valence-electron chi connectivity index (χ0n) is 17.1. The number of para-hydroxylation sites is 1. The average Bonchev–Trinajstić information content (AvgIpc) is 2.65. The monoisotopic (exact) mass is 390 g/mol. The molecule has 7 nitrogen and oxygen atoms in total. The van der Waals surface area contributed by atoms with Crippen LogP contribution in [0.25, 0.3) is 0 Å². The number of benzene rings is 1. The minimum Gasteiger partial charge on any atom is -0.496 e. The minimum atomic E-state index is -0.999. The number of carbonyl (C=O) groups excluding carboxylic acids is 2. The van der Waals surface area contributed by atoms with E-state index >= 15 is 0 Å². The van der Waals surface area contributed by atoms with Crippen LogP contribution in [0, 0.1) is 5.92 Å². The van der Waals surface area contributed by atoms with Crippen molar-refractivity contribution < 1.29 is 23.8 Å². The Bertz CT molecular complexity index is 707. The lowest BCUT2D eigenvalue weighted by atomic mass is 9.86. The summed E-state index contributed by atoms with van der Waals surface area (Å²) < 4.78 is 16.6. The number of fused-ring (bicyclic) bond motifs is 3. The molecule has 0 saturated carbocycles. The third-order valence-electron chi connectivity index (χ3n) is 5.21. The van der Waals surface area contributed by atoms with E-state index in [1.54, 1.807) is 39.0 Å². The molecule has 1 aromatic rings. The first-order valence-electron chi connectivity index (χ1n) is 9.82. The van der Waals surface area contributed by atoms with Crippen molar-refractivity contribution in [2.24, 2.45) is 5.92 Å². The lowest BCUT2D eigenvalue weighted by molar-refractivity contribution is -0.161. The molecule has 1 amide bonds. The predicted octanol–water partition coefficient (Wildman–Crippen LogP) is 2.90. The van der Waals surface area contributed by atoms with Crippen molar-refractivity contribution in [3.05, 3.63) is 29.8 Å². The van der Waals surface area contributed by atoms with Crippen molar-refractivity contribution in [3.63, 3.8) is 0 Å². The summed E-state index contributed by atoms with van der Waals surface area (Å²) in [5, 5.41) is 2.67. The van der Waals surface area contributed by atoms with Gasteiger partial charge in [-0.25, -0.2) is 9.59 Å². The van der Waals surface area contributed by atoms with Gasteiger partial charge in [-0.1, -0.05) is 18.2 Å². The van der Waals surface area contributed by atoms with Gasteiger partial charge in [0.25, 0.3) is 0 Å². The number of methoxy groups -OCH3 is 1. The molecular formula is C21H30N2O5. The molecule has 3 aliphatic heterocycles. The Kier molecular flexibility index (Phi) is 6.13. The summed E-state index contributed by atoms with van der Waals surface area (Å²) in [4.78, 5) is 27.8.